The minimum atomic E-state index is 0.00627. The summed E-state index contributed by atoms with van der Waals surface area (Å²) in [7, 11) is 0. The lowest BCUT2D eigenvalue weighted by Gasteiger charge is -2.61. The lowest BCUT2D eigenvalue weighted by molar-refractivity contribution is -0.161. The van der Waals surface area contributed by atoms with Crippen molar-refractivity contribution in [3.05, 3.63) is 0 Å². The lowest BCUT2D eigenvalue weighted by Crippen LogP contribution is -2.57. The zero-order chi connectivity index (χ0) is 8.93. The number of hydrogen-bond donors (Lipinski definition) is 1. The summed E-state index contributed by atoms with van der Waals surface area (Å²) in [6.45, 7) is 6.96. The summed E-state index contributed by atoms with van der Waals surface area (Å²) in [5, 5.41) is 9.80. The Balaban J connectivity index is 2.15. The van der Waals surface area contributed by atoms with Crippen LogP contribution in [0, 0.1) is 23.2 Å². The minimum absolute atomic E-state index is 0.00627. The standard InChI is InChI=1S/C11H20O/c1-4-8-9-5-7(6-10(8)12)11(9,2)3/h7-10,12H,4-6H2,1-3H3/t7-,8?,9+,10+/m0/s1. The maximum Gasteiger partial charge on any atom is 0.0574 e. The Morgan fingerprint density at radius 3 is 2.42 bits per heavy atom. The normalized spacial score (nSPS) is 50.0. The van der Waals surface area contributed by atoms with Crippen molar-refractivity contribution in [2.24, 2.45) is 23.2 Å². The molecule has 0 saturated heterocycles. The number of fused-ring (bicyclic) bond motifs is 2. The first-order valence-corrected chi connectivity index (χ1v) is 5.25. The average molecular weight is 168 g/mol. The van der Waals surface area contributed by atoms with Crippen molar-refractivity contribution < 1.29 is 5.11 Å². The van der Waals surface area contributed by atoms with E-state index in [9.17, 15) is 5.11 Å². The zero-order valence-corrected chi connectivity index (χ0v) is 8.38. The van der Waals surface area contributed by atoms with Gasteiger partial charge in [-0.1, -0.05) is 27.2 Å². The summed E-state index contributed by atoms with van der Waals surface area (Å²) < 4.78 is 0. The molecule has 0 aliphatic heterocycles. The van der Waals surface area contributed by atoms with Crippen molar-refractivity contribution in [1.29, 1.82) is 0 Å². The first-order valence-electron chi connectivity index (χ1n) is 5.25. The Hall–Kier alpha value is -0.0400. The first kappa shape index (κ1) is 8.55. The molecule has 0 radical (unpaired) electrons. The monoisotopic (exact) mass is 168 g/mol. The summed E-state index contributed by atoms with van der Waals surface area (Å²) in [5.41, 5.74) is 0.528. The molecule has 1 nitrogen and oxygen atoms in total. The predicted octanol–water partition coefficient (Wildman–Crippen LogP) is 2.44. The van der Waals surface area contributed by atoms with E-state index in [2.05, 4.69) is 20.8 Å². The molecule has 3 fully saturated rings. The Bertz CT molecular complexity index is 185. The molecule has 1 unspecified atom stereocenters. The third-order valence-electron chi connectivity index (χ3n) is 4.55. The molecule has 0 aromatic rings. The molecule has 0 heterocycles. The molecule has 3 aliphatic rings. The zero-order valence-electron chi connectivity index (χ0n) is 8.38. The van der Waals surface area contributed by atoms with Crippen LogP contribution in [0.15, 0.2) is 0 Å². The van der Waals surface area contributed by atoms with E-state index in [0.29, 0.717) is 11.3 Å². The molecule has 2 bridgehead atoms. The van der Waals surface area contributed by atoms with Crippen LogP contribution in [0.3, 0.4) is 0 Å². The number of aliphatic hydroxyl groups is 1. The lowest BCUT2D eigenvalue weighted by atomic mass is 9.44. The van der Waals surface area contributed by atoms with Gasteiger partial charge in [0.15, 0.2) is 0 Å². The van der Waals surface area contributed by atoms with Gasteiger partial charge in [0.2, 0.25) is 0 Å². The summed E-state index contributed by atoms with van der Waals surface area (Å²) >= 11 is 0. The topological polar surface area (TPSA) is 20.2 Å². The number of hydrogen-bond acceptors (Lipinski definition) is 1. The SMILES string of the molecule is CCC1[C@H](O)C[C@@H]2C[C@H]1C2(C)C. The average Bonchev–Trinajstić information content (AvgIpc) is 2.03. The Morgan fingerprint density at radius 2 is 2.00 bits per heavy atom. The molecule has 0 spiro atoms. The highest BCUT2D eigenvalue weighted by molar-refractivity contribution is 5.05. The van der Waals surface area contributed by atoms with E-state index in [1.807, 2.05) is 0 Å². The molecular weight excluding hydrogens is 148 g/mol. The van der Waals surface area contributed by atoms with Gasteiger partial charge in [-0.25, -0.2) is 0 Å². The second kappa shape index (κ2) is 2.47. The van der Waals surface area contributed by atoms with Gasteiger partial charge in [0.1, 0.15) is 0 Å². The number of aliphatic hydroxyl groups excluding tert-OH is 1. The van der Waals surface area contributed by atoms with E-state index in [4.69, 9.17) is 0 Å². The molecule has 3 rings (SSSR count). The third kappa shape index (κ3) is 0.891. The highest BCUT2D eigenvalue weighted by Crippen LogP contribution is 2.61. The van der Waals surface area contributed by atoms with Crippen molar-refractivity contribution >= 4 is 0 Å². The van der Waals surface area contributed by atoms with Crippen LogP contribution < -0.4 is 0 Å². The minimum Gasteiger partial charge on any atom is -0.393 e. The molecule has 0 aromatic heterocycles. The van der Waals surface area contributed by atoms with E-state index >= 15 is 0 Å². The predicted molar refractivity (Wildman–Crippen MR) is 49.8 cm³/mol. The van der Waals surface area contributed by atoms with Crippen LogP contribution >= 0.6 is 0 Å². The van der Waals surface area contributed by atoms with Gasteiger partial charge in [-0.3, -0.25) is 0 Å². The largest absolute Gasteiger partial charge is 0.393 e. The quantitative estimate of drug-likeness (QED) is 0.637. The molecule has 3 aliphatic carbocycles. The van der Waals surface area contributed by atoms with Gasteiger partial charge in [0.05, 0.1) is 6.10 Å². The summed E-state index contributed by atoms with van der Waals surface area (Å²) in [5.74, 6) is 2.20. The fourth-order valence-electron chi connectivity index (χ4n) is 3.47. The van der Waals surface area contributed by atoms with E-state index in [0.717, 1.165) is 24.7 Å². The summed E-state index contributed by atoms with van der Waals surface area (Å²) in [4.78, 5) is 0. The highest BCUT2D eigenvalue weighted by Gasteiger charge is 2.56. The molecule has 0 amide bonds. The second-order valence-electron chi connectivity index (χ2n) is 5.24. The van der Waals surface area contributed by atoms with E-state index in [1.165, 1.54) is 6.42 Å². The molecule has 3 saturated carbocycles. The maximum atomic E-state index is 9.80. The van der Waals surface area contributed by atoms with Gasteiger partial charge in [-0.05, 0) is 36.0 Å². The van der Waals surface area contributed by atoms with Gasteiger partial charge in [0.25, 0.3) is 0 Å². The molecule has 1 N–H and O–H groups in total. The van der Waals surface area contributed by atoms with Gasteiger partial charge < -0.3 is 5.11 Å². The van der Waals surface area contributed by atoms with Crippen LogP contribution in [0.5, 0.6) is 0 Å². The van der Waals surface area contributed by atoms with Crippen LogP contribution in [0.2, 0.25) is 0 Å². The van der Waals surface area contributed by atoms with Gasteiger partial charge >= 0.3 is 0 Å². The van der Waals surface area contributed by atoms with Crippen molar-refractivity contribution in [2.75, 3.05) is 0 Å². The van der Waals surface area contributed by atoms with Gasteiger partial charge in [-0.2, -0.15) is 0 Å². The van der Waals surface area contributed by atoms with Gasteiger partial charge in [-0.15, -0.1) is 0 Å². The molecule has 12 heavy (non-hydrogen) atoms. The third-order valence-corrected chi connectivity index (χ3v) is 4.55. The Morgan fingerprint density at radius 1 is 1.33 bits per heavy atom. The maximum absolute atomic E-state index is 9.80. The molecule has 70 valence electrons. The molecule has 4 atom stereocenters. The van der Waals surface area contributed by atoms with Crippen LogP contribution in [0.1, 0.15) is 40.0 Å². The highest BCUT2D eigenvalue weighted by atomic mass is 16.3. The van der Waals surface area contributed by atoms with Crippen molar-refractivity contribution in [2.45, 2.75) is 46.1 Å². The first-order chi connectivity index (χ1) is 5.57. The van der Waals surface area contributed by atoms with Crippen LogP contribution in [0.25, 0.3) is 0 Å². The van der Waals surface area contributed by atoms with E-state index < -0.39 is 0 Å². The molecular formula is C11H20O. The van der Waals surface area contributed by atoms with Crippen LogP contribution in [-0.4, -0.2) is 11.2 Å². The Labute approximate surface area is 75.2 Å². The van der Waals surface area contributed by atoms with Crippen LogP contribution in [-0.2, 0) is 0 Å². The Kier molecular flexibility index (Phi) is 1.76. The van der Waals surface area contributed by atoms with Crippen molar-refractivity contribution in [1.82, 2.24) is 0 Å². The second-order valence-corrected chi connectivity index (χ2v) is 5.24. The fraction of sp³-hybridized carbons (Fsp3) is 1.00. The molecule has 1 heteroatoms. The summed E-state index contributed by atoms with van der Waals surface area (Å²) in [6, 6.07) is 0. The summed E-state index contributed by atoms with van der Waals surface area (Å²) in [6.07, 6.45) is 3.60. The fourth-order valence-corrected chi connectivity index (χ4v) is 3.47. The van der Waals surface area contributed by atoms with Crippen molar-refractivity contribution in [3.63, 3.8) is 0 Å². The van der Waals surface area contributed by atoms with Crippen molar-refractivity contribution in [3.8, 4) is 0 Å². The number of rotatable bonds is 1. The molecule has 0 aromatic carbocycles. The van der Waals surface area contributed by atoms with Crippen LogP contribution in [0.4, 0.5) is 0 Å². The van der Waals surface area contributed by atoms with E-state index in [1.54, 1.807) is 0 Å². The van der Waals surface area contributed by atoms with Gasteiger partial charge in [0, 0.05) is 0 Å². The van der Waals surface area contributed by atoms with E-state index in [-0.39, 0.29) is 6.10 Å². The smallest absolute Gasteiger partial charge is 0.0574 e.